The molecule has 0 heterocycles. The van der Waals surface area contributed by atoms with Crippen LogP contribution in [-0.2, 0) is 0 Å². The molecule has 0 bridgehead atoms. The highest BCUT2D eigenvalue weighted by molar-refractivity contribution is 5.27. The van der Waals surface area contributed by atoms with Crippen LogP contribution in [0.25, 0.3) is 0 Å². The van der Waals surface area contributed by atoms with Gasteiger partial charge in [0.05, 0.1) is 0 Å². The van der Waals surface area contributed by atoms with Gasteiger partial charge in [-0.1, -0.05) is 32.4 Å². The van der Waals surface area contributed by atoms with E-state index < -0.39 is 0 Å². The van der Waals surface area contributed by atoms with Crippen molar-refractivity contribution >= 4 is 0 Å². The molecule has 0 aliphatic heterocycles. The third-order valence-corrected chi connectivity index (χ3v) is 4.90. The molecule has 2 aliphatic carbocycles. The number of allylic oxidation sites excluding steroid dienone is 2. The average molecular weight is 164 g/mol. The summed E-state index contributed by atoms with van der Waals surface area (Å²) in [5, 5.41) is 0. The molecule has 2 unspecified atom stereocenters. The zero-order valence-corrected chi connectivity index (χ0v) is 8.72. The van der Waals surface area contributed by atoms with E-state index in [1.807, 2.05) is 0 Å². The van der Waals surface area contributed by atoms with Gasteiger partial charge < -0.3 is 0 Å². The van der Waals surface area contributed by atoms with E-state index in [0.29, 0.717) is 5.41 Å². The van der Waals surface area contributed by atoms with Gasteiger partial charge in [-0.05, 0) is 42.9 Å². The molecule has 0 amide bonds. The van der Waals surface area contributed by atoms with Gasteiger partial charge in [0.25, 0.3) is 0 Å². The van der Waals surface area contributed by atoms with E-state index in [1.165, 1.54) is 12.8 Å². The quantitative estimate of drug-likeness (QED) is 0.479. The molecule has 0 saturated heterocycles. The maximum atomic E-state index is 2.48. The smallest absolute Gasteiger partial charge is 0.00573 e. The number of hydrogen-bond donors (Lipinski definition) is 0. The predicted octanol–water partition coefficient (Wildman–Crippen LogP) is 3.63. The first-order chi connectivity index (χ1) is 5.62. The normalized spacial score (nSPS) is 55.3. The monoisotopic (exact) mass is 164 g/mol. The largest absolute Gasteiger partial charge is 0.0879 e. The van der Waals surface area contributed by atoms with Crippen molar-refractivity contribution in [2.45, 2.75) is 40.5 Å². The van der Waals surface area contributed by atoms with Gasteiger partial charge in [0.15, 0.2) is 0 Å². The van der Waals surface area contributed by atoms with E-state index >= 15 is 0 Å². The van der Waals surface area contributed by atoms with Crippen molar-refractivity contribution in [3.05, 3.63) is 11.6 Å². The number of fused-ring (bicyclic) bond motifs is 1. The molecule has 0 heteroatoms. The van der Waals surface area contributed by atoms with E-state index in [2.05, 4.69) is 33.8 Å². The molecule has 2 saturated carbocycles. The summed E-state index contributed by atoms with van der Waals surface area (Å²) in [5.41, 5.74) is 2.33. The second-order valence-corrected chi connectivity index (χ2v) is 4.89. The van der Waals surface area contributed by atoms with Crippen LogP contribution in [0.4, 0.5) is 0 Å². The Morgan fingerprint density at radius 1 is 1.42 bits per heavy atom. The molecule has 0 aromatic heterocycles. The van der Waals surface area contributed by atoms with E-state index in [9.17, 15) is 0 Å². The molecule has 68 valence electrons. The Balaban J connectivity index is 2.31. The Hall–Kier alpha value is -0.260. The van der Waals surface area contributed by atoms with Crippen molar-refractivity contribution < 1.29 is 0 Å². The molecule has 0 N–H and O–H groups in total. The van der Waals surface area contributed by atoms with Crippen LogP contribution in [0.3, 0.4) is 0 Å². The molecule has 0 radical (unpaired) electrons. The van der Waals surface area contributed by atoms with Crippen molar-refractivity contribution in [1.29, 1.82) is 0 Å². The lowest BCUT2D eigenvalue weighted by molar-refractivity contribution is -0.0398. The van der Waals surface area contributed by atoms with Crippen LogP contribution in [0.2, 0.25) is 0 Å². The SMILES string of the molecule is C/C=C1\CC[C@H]2C(C)C(C)[C@]12C. The van der Waals surface area contributed by atoms with Crippen LogP contribution in [-0.4, -0.2) is 0 Å². The summed E-state index contributed by atoms with van der Waals surface area (Å²) in [6.45, 7) is 9.54. The molecular weight excluding hydrogens is 144 g/mol. The van der Waals surface area contributed by atoms with Crippen molar-refractivity contribution in [2.24, 2.45) is 23.2 Å². The Morgan fingerprint density at radius 2 is 2.08 bits per heavy atom. The molecule has 2 fully saturated rings. The van der Waals surface area contributed by atoms with Crippen LogP contribution in [0.1, 0.15) is 40.5 Å². The fourth-order valence-electron chi connectivity index (χ4n) is 3.79. The standard InChI is InChI=1S/C12H20/c1-5-10-6-7-11-8(2)9(3)12(10,11)4/h5,8-9,11H,6-7H2,1-4H3/b10-5+/t8?,9?,11-,12+/m0/s1. The first kappa shape index (κ1) is 8.34. The Kier molecular flexibility index (Phi) is 1.65. The molecule has 2 rings (SSSR count). The van der Waals surface area contributed by atoms with Crippen molar-refractivity contribution in [3.63, 3.8) is 0 Å². The summed E-state index contributed by atoms with van der Waals surface area (Å²) >= 11 is 0. The summed E-state index contributed by atoms with van der Waals surface area (Å²) < 4.78 is 0. The topological polar surface area (TPSA) is 0 Å². The molecule has 0 spiro atoms. The number of rotatable bonds is 0. The first-order valence-electron chi connectivity index (χ1n) is 5.28. The third kappa shape index (κ3) is 0.694. The van der Waals surface area contributed by atoms with E-state index in [1.54, 1.807) is 5.57 Å². The van der Waals surface area contributed by atoms with E-state index in [4.69, 9.17) is 0 Å². The van der Waals surface area contributed by atoms with Gasteiger partial charge in [-0.15, -0.1) is 0 Å². The Morgan fingerprint density at radius 3 is 2.67 bits per heavy atom. The minimum Gasteiger partial charge on any atom is -0.0879 e. The molecule has 2 aliphatic rings. The highest BCUT2D eigenvalue weighted by atomic mass is 14.6. The minimum absolute atomic E-state index is 0.591. The predicted molar refractivity (Wildman–Crippen MR) is 52.9 cm³/mol. The van der Waals surface area contributed by atoms with Gasteiger partial charge >= 0.3 is 0 Å². The van der Waals surface area contributed by atoms with Crippen LogP contribution >= 0.6 is 0 Å². The van der Waals surface area contributed by atoms with Crippen molar-refractivity contribution in [2.75, 3.05) is 0 Å². The second kappa shape index (κ2) is 2.37. The molecule has 0 nitrogen and oxygen atoms in total. The van der Waals surface area contributed by atoms with E-state index in [-0.39, 0.29) is 0 Å². The van der Waals surface area contributed by atoms with Gasteiger partial charge in [0.1, 0.15) is 0 Å². The minimum atomic E-state index is 0.591. The fourth-order valence-corrected chi connectivity index (χ4v) is 3.79. The molecule has 0 aromatic carbocycles. The summed E-state index contributed by atoms with van der Waals surface area (Å²) in [5.74, 6) is 2.88. The molecule has 4 atom stereocenters. The summed E-state index contributed by atoms with van der Waals surface area (Å²) in [6, 6.07) is 0. The van der Waals surface area contributed by atoms with Gasteiger partial charge in [0.2, 0.25) is 0 Å². The van der Waals surface area contributed by atoms with Gasteiger partial charge in [-0.25, -0.2) is 0 Å². The van der Waals surface area contributed by atoms with E-state index in [0.717, 1.165) is 17.8 Å². The molecule has 0 aromatic rings. The van der Waals surface area contributed by atoms with Crippen molar-refractivity contribution in [1.82, 2.24) is 0 Å². The lowest BCUT2D eigenvalue weighted by Gasteiger charge is -2.55. The maximum Gasteiger partial charge on any atom is -0.00573 e. The van der Waals surface area contributed by atoms with Crippen molar-refractivity contribution in [3.8, 4) is 0 Å². The fraction of sp³-hybridized carbons (Fsp3) is 0.833. The van der Waals surface area contributed by atoms with Crippen LogP contribution in [0.15, 0.2) is 11.6 Å². The number of hydrogen-bond acceptors (Lipinski definition) is 0. The van der Waals surface area contributed by atoms with Gasteiger partial charge in [-0.3, -0.25) is 0 Å². The molecular formula is C12H20. The van der Waals surface area contributed by atoms with Crippen LogP contribution in [0.5, 0.6) is 0 Å². The maximum absolute atomic E-state index is 2.48. The Labute approximate surface area is 76.1 Å². The van der Waals surface area contributed by atoms with Gasteiger partial charge in [-0.2, -0.15) is 0 Å². The third-order valence-electron chi connectivity index (χ3n) is 4.90. The highest BCUT2D eigenvalue weighted by Crippen LogP contribution is 2.66. The van der Waals surface area contributed by atoms with Crippen LogP contribution < -0.4 is 0 Å². The zero-order chi connectivity index (χ0) is 8.93. The average Bonchev–Trinajstić information content (AvgIpc) is 2.39. The highest BCUT2D eigenvalue weighted by Gasteiger charge is 2.58. The van der Waals surface area contributed by atoms with Gasteiger partial charge in [0, 0.05) is 0 Å². The second-order valence-electron chi connectivity index (χ2n) is 4.89. The lowest BCUT2D eigenvalue weighted by Crippen LogP contribution is -2.50. The summed E-state index contributed by atoms with van der Waals surface area (Å²) in [4.78, 5) is 0. The summed E-state index contributed by atoms with van der Waals surface area (Å²) in [7, 11) is 0. The summed E-state index contributed by atoms with van der Waals surface area (Å²) in [6.07, 6.45) is 5.18. The lowest BCUT2D eigenvalue weighted by atomic mass is 9.49. The molecule has 12 heavy (non-hydrogen) atoms. The first-order valence-corrected chi connectivity index (χ1v) is 5.28. The van der Waals surface area contributed by atoms with Crippen LogP contribution in [0, 0.1) is 23.2 Å². The zero-order valence-electron chi connectivity index (χ0n) is 8.72. The Bertz CT molecular complexity index is 226.